The predicted octanol–water partition coefficient (Wildman–Crippen LogP) is 2.80. The summed E-state index contributed by atoms with van der Waals surface area (Å²) in [5, 5.41) is 10.8. The summed E-state index contributed by atoms with van der Waals surface area (Å²) in [5.41, 5.74) is 1.41. The summed E-state index contributed by atoms with van der Waals surface area (Å²) in [7, 11) is 0. The zero-order chi connectivity index (χ0) is 10.7. The van der Waals surface area contributed by atoms with Crippen molar-refractivity contribution in [2.24, 2.45) is 4.99 Å². The molecule has 0 aromatic heterocycles. The molecule has 4 nitrogen and oxygen atoms in total. The SMILES string of the molecule is O=[N+]([O-])c1ccccc1C1=CCCC=N1. The second kappa shape index (κ2) is 4.04. The molecule has 1 aromatic rings. The summed E-state index contributed by atoms with van der Waals surface area (Å²) < 4.78 is 0. The number of hydrogen-bond donors (Lipinski definition) is 0. The number of rotatable bonds is 2. The maximum absolute atomic E-state index is 10.8. The Morgan fingerprint density at radius 3 is 2.73 bits per heavy atom. The number of aliphatic imine (C=N–C) groups is 1. The highest BCUT2D eigenvalue weighted by Crippen LogP contribution is 2.28. The van der Waals surface area contributed by atoms with Gasteiger partial charge in [-0.25, -0.2) is 0 Å². The van der Waals surface area contributed by atoms with Crippen LogP contribution in [0.15, 0.2) is 35.3 Å². The Bertz CT molecular complexity index is 450. The second-order valence-corrected chi connectivity index (χ2v) is 3.25. The topological polar surface area (TPSA) is 55.5 Å². The summed E-state index contributed by atoms with van der Waals surface area (Å²) >= 11 is 0. The molecule has 0 bridgehead atoms. The van der Waals surface area contributed by atoms with Crippen LogP contribution < -0.4 is 0 Å². The highest BCUT2D eigenvalue weighted by molar-refractivity contribution is 5.79. The molecule has 1 aliphatic rings. The second-order valence-electron chi connectivity index (χ2n) is 3.25. The Labute approximate surface area is 87.1 Å². The third-order valence-electron chi connectivity index (χ3n) is 2.24. The molecule has 0 atom stereocenters. The minimum atomic E-state index is -0.375. The molecule has 0 saturated carbocycles. The van der Waals surface area contributed by atoms with E-state index in [9.17, 15) is 10.1 Å². The van der Waals surface area contributed by atoms with Gasteiger partial charge in [-0.2, -0.15) is 0 Å². The van der Waals surface area contributed by atoms with Crippen molar-refractivity contribution < 1.29 is 4.92 Å². The summed E-state index contributed by atoms with van der Waals surface area (Å²) in [5.74, 6) is 0. The fraction of sp³-hybridized carbons (Fsp3) is 0.182. The quantitative estimate of drug-likeness (QED) is 0.547. The lowest BCUT2D eigenvalue weighted by molar-refractivity contribution is -0.385. The van der Waals surface area contributed by atoms with E-state index in [1.54, 1.807) is 24.4 Å². The van der Waals surface area contributed by atoms with Crippen LogP contribution in [0.1, 0.15) is 18.4 Å². The van der Waals surface area contributed by atoms with Crippen molar-refractivity contribution in [2.75, 3.05) is 0 Å². The van der Waals surface area contributed by atoms with Gasteiger partial charge in [0.05, 0.1) is 16.2 Å². The van der Waals surface area contributed by atoms with Gasteiger partial charge in [0.2, 0.25) is 0 Å². The van der Waals surface area contributed by atoms with E-state index in [1.807, 2.05) is 6.08 Å². The highest BCUT2D eigenvalue weighted by Gasteiger charge is 2.15. The molecule has 0 fully saturated rings. The van der Waals surface area contributed by atoms with Crippen LogP contribution in [-0.2, 0) is 0 Å². The molecule has 0 saturated heterocycles. The molecule has 1 heterocycles. The average Bonchev–Trinajstić information content (AvgIpc) is 2.30. The summed E-state index contributed by atoms with van der Waals surface area (Å²) in [6, 6.07) is 6.68. The summed E-state index contributed by atoms with van der Waals surface area (Å²) in [6.45, 7) is 0. The third-order valence-corrected chi connectivity index (χ3v) is 2.24. The van der Waals surface area contributed by atoms with Crippen molar-refractivity contribution in [3.05, 3.63) is 46.0 Å². The highest BCUT2D eigenvalue weighted by atomic mass is 16.6. The molecule has 0 spiro atoms. The Kier molecular flexibility index (Phi) is 2.58. The van der Waals surface area contributed by atoms with E-state index in [0.29, 0.717) is 11.3 Å². The summed E-state index contributed by atoms with van der Waals surface area (Å²) in [4.78, 5) is 14.6. The molecule has 76 valence electrons. The van der Waals surface area contributed by atoms with E-state index >= 15 is 0 Å². The zero-order valence-corrected chi connectivity index (χ0v) is 8.09. The first-order valence-electron chi connectivity index (χ1n) is 4.75. The molecule has 0 radical (unpaired) electrons. The van der Waals surface area contributed by atoms with Crippen LogP contribution in [0.2, 0.25) is 0 Å². The van der Waals surface area contributed by atoms with Crippen molar-refractivity contribution >= 4 is 17.6 Å². The smallest absolute Gasteiger partial charge is 0.261 e. The minimum Gasteiger partial charge on any atom is -0.261 e. The van der Waals surface area contributed by atoms with Gasteiger partial charge in [-0.15, -0.1) is 0 Å². The maximum atomic E-state index is 10.8. The lowest BCUT2D eigenvalue weighted by atomic mass is 10.1. The van der Waals surface area contributed by atoms with Gasteiger partial charge >= 0.3 is 0 Å². The van der Waals surface area contributed by atoms with Crippen molar-refractivity contribution in [1.29, 1.82) is 0 Å². The number of nitrogens with zero attached hydrogens (tertiary/aromatic N) is 2. The van der Waals surface area contributed by atoms with Gasteiger partial charge in [0.15, 0.2) is 0 Å². The Balaban J connectivity index is 2.47. The van der Waals surface area contributed by atoms with Crippen LogP contribution >= 0.6 is 0 Å². The maximum Gasteiger partial charge on any atom is 0.278 e. The Morgan fingerprint density at radius 1 is 1.27 bits per heavy atom. The van der Waals surface area contributed by atoms with Crippen molar-refractivity contribution in [2.45, 2.75) is 12.8 Å². The van der Waals surface area contributed by atoms with Crippen LogP contribution in [-0.4, -0.2) is 11.1 Å². The van der Waals surface area contributed by atoms with E-state index in [0.717, 1.165) is 12.8 Å². The number of hydrogen-bond acceptors (Lipinski definition) is 3. The van der Waals surface area contributed by atoms with Crippen LogP contribution in [0.3, 0.4) is 0 Å². The molecular weight excluding hydrogens is 192 g/mol. The molecule has 2 rings (SSSR count). The number of nitro benzene ring substituents is 1. The Hall–Kier alpha value is -1.97. The molecule has 0 N–H and O–H groups in total. The van der Waals surface area contributed by atoms with Crippen LogP contribution in [0, 0.1) is 10.1 Å². The number of nitro groups is 1. The van der Waals surface area contributed by atoms with Gasteiger partial charge in [0, 0.05) is 12.3 Å². The number of allylic oxidation sites excluding steroid dienone is 1. The predicted molar refractivity (Wildman–Crippen MR) is 58.8 cm³/mol. The first-order chi connectivity index (χ1) is 7.29. The zero-order valence-electron chi connectivity index (χ0n) is 8.09. The number of benzene rings is 1. The van der Waals surface area contributed by atoms with Crippen molar-refractivity contribution in [3.63, 3.8) is 0 Å². The normalized spacial score (nSPS) is 14.8. The third kappa shape index (κ3) is 1.93. The first kappa shape index (κ1) is 9.58. The fourth-order valence-corrected chi connectivity index (χ4v) is 1.54. The van der Waals surface area contributed by atoms with Gasteiger partial charge in [-0.3, -0.25) is 15.1 Å². The lowest BCUT2D eigenvalue weighted by Crippen LogP contribution is -1.95. The van der Waals surface area contributed by atoms with Gasteiger partial charge in [0.1, 0.15) is 0 Å². The molecule has 1 aliphatic heterocycles. The lowest BCUT2D eigenvalue weighted by Gasteiger charge is -2.06. The van der Waals surface area contributed by atoms with Crippen LogP contribution in [0.4, 0.5) is 5.69 Å². The molecule has 0 aliphatic carbocycles. The van der Waals surface area contributed by atoms with Crippen molar-refractivity contribution in [3.8, 4) is 0 Å². The molecule has 4 heteroatoms. The molecule has 1 aromatic carbocycles. The minimum absolute atomic E-state index is 0.114. The fourth-order valence-electron chi connectivity index (χ4n) is 1.54. The first-order valence-corrected chi connectivity index (χ1v) is 4.75. The van der Waals surface area contributed by atoms with Crippen LogP contribution in [0.25, 0.3) is 5.70 Å². The average molecular weight is 202 g/mol. The number of para-hydroxylation sites is 1. The standard InChI is InChI=1S/C11H10N2O2/c14-13(15)11-7-2-1-5-9(11)10-6-3-4-8-12-10/h1-2,5-8H,3-4H2. The largest absolute Gasteiger partial charge is 0.278 e. The van der Waals surface area contributed by atoms with E-state index in [1.165, 1.54) is 6.07 Å². The summed E-state index contributed by atoms with van der Waals surface area (Å²) in [6.07, 6.45) is 5.53. The van der Waals surface area contributed by atoms with Gasteiger partial charge in [-0.05, 0) is 18.9 Å². The van der Waals surface area contributed by atoms with Crippen molar-refractivity contribution in [1.82, 2.24) is 0 Å². The van der Waals surface area contributed by atoms with E-state index in [2.05, 4.69) is 4.99 Å². The molecule has 0 unspecified atom stereocenters. The van der Waals surface area contributed by atoms with E-state index in [4.69, 9.17) is 0 Å². The molecular formula is C11H10N2O2. The van der Waals surface area contributed by atoms with Gasteiger partial charge in [-0.1, -0.05) is 18.2 Å². The Morgan fingerprint density at radius 2 is 2.07 bits per heavy atom. The monoisotopic (exact) mass is 202 g/mol. The van der Waals surface area contributed by atoms with E-state index in [-0.39, 0.29) is 10.6 Å². The molecule has 15 heavy (non-hydrogen) atoms. The molecule has 0 amide bonds. The van der Waals surface area contributed by atoms with Crippen LogP contribution in [0.5, 0.6) is 0 Å². The van der Waals surface area contributed by atoms with Gasteiger partial charge < -0.3 is 0 Å². The van der Waals surface area contributed by atoms with E-state index < -0.39 is 0 Å². The van der Waals surface area contributed by atoms with Gasteiger partial charge in [0.25, 0.3) is 5.69 Å².